The lowest BCUT2D eigenvalue weighted by atomic mass is 10.0. The zero-order valence-electron chi connectivity index (χ0n) is 8.69. The van der Waals surface area contributed by atoms with Gasteiger partial charge in [-0.3, -0.25) is 4.84 Å². The van der Waals surface area contributed by atoms with Crippen LogP contribution in [0, 0.1) is 5.82 Å². The fourth-order valence-electron chi connectivity index (χ4n) is 1.60. The van der Waals surface area contributed by atoms with Gasteiger partial charge in [-0.25, -0.2) is 10.3 Å². The second kappa shape index (κ2) is 4.88. The molecule has 0 spiro atoms. The molecule has 0 unspecified atom stereocenters. The molecule has 0 aliphatic carbocycles. The van der Waals surface area contributed by atoms with Crippen LogP contribution in [-0.2, 0) is 11.4 Å². The van der Waals surface area contributed by atoms with Crippen molar-refractivity contribution < 1.29 is 9.23 Å². The molecule has 0 amide bonds. The molecule has 0 aliphatic heterocycles. The molecular weight excluding hydrogens is 205 g/mol. The van der Waals surface area contributed by atoms with Crippen LogP contribution in [0.25, 0.3) is 11.1 Å². The minimum atomic E-state index is -0.244. The number of halogens is 1. The van der Waals surface area contributed by atoms with Crippen LogP contribution >= 0.6 is 0 Å². The van der Waals surface area contributed by atoms with Gasteiger partial charge in [-0.05, 0) is 23.3 Å². The van der Waals surface area contributed by atoms with E-state index in [4.69, 9.17) is 5.90 Å². The van der Waals surface area contributed by atoms with E-state index in [0.717, 1.165) is 11.1 Å². The fourth-order valence-corrected chi connectivity index (χ4v) is 1.60. The van der Waals surface area contributed by atoms with E-state index in [-0.39, 0.29) is 12.4 Å². The second-order valence-electron chi connectivity index (χ2n) is 3.49. The average molecular weight is 217 g/mol. The summed E-state index contributed by atoms with van der Waals surface area (Å²) in [4.78, 5) is 4.54. The van der Waals surface area contributed by atoms with E-state index in [1.165, 1.54) is 6.07 Å². The summed E-state index contributed by atoms with van der Waals surface area (Å²) in [5, 5.41) is 0. The maximum Gasteiger partial charge on any atom is 0.131 e. The molecule has 0 fully saturated rings. The number of hydrogen-bond donors (Lipinski definition) is 1. The average Bonchev–Trinajstić information content (AvgIpc) is 2.33. The highest BCUT2D eigenvalue weighted by Gasteiger charge is 2.05. The summed E-state index contributed by atoms with van der Waals surface area (Å²) in [6.45, 7) is 0.278. The molecule has 0 saturated carbocycles. The standard InChI is InChI=1S/C13H12FNO/c14-13-7-6-10(9-16-15)8-12(13)11-4-2-1-3-5-11/h1-8H,9,15H2. The predicted molar refractivity (Wildman–Crippen MR) is 60.8 cm³/mol. The SMILES string of the molecule is NOCc1ccc(F)c(-c2ccccc2)c1. The Balaban J connectivity index is 2.43. The van der Waals surface area contributed by atoms with Gasteiger partial charge in [0.1, 0.15) is 5.82 Å². The molecule has 0 atom stereocenters. The van der Waals surface area contributed by atoms with Crippen LogP contribution in [0.5, 0.6) is 0 Å². The van der Waals surface area contributed by atoms with E-state index in [1.807, 2.05) is 30.3 Å². The summed E-state index contributed by atoms with van der Waals surface area (Å²) in [6, 6.07) is 14.2. The van der Waals surface area contributed by atoms with Crippen molar-refractivity contribution >= 4 is 0 Å². The van der Waals surface area contributed by atoms with Crippen LogP contribution in [0.2, 0.25) is 0 Å². The minimum absolute atomic E-state index is 0.244. The highest BCUT2D eigenvalue weighted by atomic mass is 19.1. The third-order valence-corrected chi connectivity index (χ3v) is 2.37. The van der Waals surface area contributed by atoms with E-state index in [2.05, 4.69) is 4.84 Å². The Morgan fingerprint density at radius 1 is 1.06 bits per heavy atom. The Morgan fingerprint density at radius 3 is 2.50 bits per heavy atom. The monoisotopic (exact) mass is 217 g/mol. The van der Waals surface area contributed by atoms with E-state index < -0.39 is 0 Å². The molecule has 2 aromatic rings. The molecule has 0 heterocycles. The van der Waals surface area contributed by atoms with Gasteiger partial charge < -0.3 is 0 Å². The highest BCUT2D eigenvalue weighted by molar-refractivity contribution is 5.64. The summed E-state index contributed by atoms with van der Waals surface area (Å²) >= 11 is 0. The number of benzene rings is 2. The summed E-state index contributed by atoms with van der Waals surface area (Å²) < 4.78 is 13.6. The van der Waals surface area contributed by atoms with Gasteiger partial charge in [0.2, 0.25) is 0 Å². The maximum atomic E-state index is 13.6. The molecule has 2 rings (SSSR count). The lowest BCUT2D eigenvalue weighted by Crippen LogP contribution is -1.99. The molecule has 0 saturated heterocycles. The van der Waals surface area contributed by atoms with Crippen molar-refractivity contribution in [3.8, 4) is 11.1 Å². The largest absolute Gasteiger partial charge is 0.300 e. The van der Waals surface area contributed by atoms with Crippen LogP contribution in [-0.4, -0.2) is 0 Å². The van der Waals surface area contributed by atoms with Gasteiger partial charge in [-0.15, -0.1) is 0 Å². The normalized spacial score (nSPS) is 10.4. The first-order valence-electron chi connectivity index (χ1n) is 4.97. The molecule has 2 nitrogen and oxygen atoms in total. The zero-order valence-corrected chi connectivity index (χ0v) is 8.69. The Kier molecular flexibility index (Phi) is 3.29. The Hall–Kier alpha value is -1.71. The first kappa shape index (κ1) is 10.8. The lowest BCUT2D eigenvalue weighted by Gasteiger charge is -2.06. The predicted octanol–water partition coefficient (Wildman–Crippen LogP) is 2.88. The van der Waals surface area contributed by atoms with Gasteiger partial charge in [-0.1, -0.05) is 36.4 Å². The maximum absolute atomic E-state index is 13.6. The zero-order chi connectivity index (χ0) is 11.4. The molecular formula is C13H12FNO. The third kappa shape index (κ3) is 2.27. The highest BCUT2D eigenvalue weighted by Crippen LogP contribution is 2.23. The van der Waals surface area contributed by atoms with Crippen molar-refractivity contribution in [2.24, 2.45) is 5.90 Å². The van der Waals surface area contributed by atoms with Crippen LogP contribution in [0.3, 0.4) is 0 Å². The smallest absolute Gasteiger partial charge is 0.131 e. The topological polar surface area (TPSA) is 35.2 Å². The quantitative estimate of drug-likeness (QED) is 0.802. The molecule has 3 heteroatoms. The van der Waals surface area contributed by atoms with E-state index in [1.54, 1.807) is 12.1 Å². The third-order valence-electron chi connectivity index (χ3n) is 2.37. The molecule has 0 aliphatic rings. The molecule has 0 aromatic heterocycles. The van der Waals surface area contributed by atoms with Gasteiger partial charge in [-0.2, -0.15) is 0 Å². The minimum Gasteiger partial charge on any atom is -0.300 e. The molecule has 82 valence electrons. The molecule has 0 bridgehead atoms. The van der Waals surface area contributed by atoms with Crippen molar-refractivity contribution in [2.75, 3.05) is 0 Å². The first-order chi connectivity index (χ1) is 7.81. The summed E-state index contributed by atoms with van der Waals surface area (Å²) in [5.74, 6) is 4.75. The summed E-state index contributed by atoms with van der Waals surface area (Å²) in [7, 11) is 0. The van der Waals surface area contributed by atoms with Crippen LogP contribution in [0.1, 0.15) is 5.56 Å². The number of hydrogen-bond acceptors (Lipinski definition) is 2. The first-order valence-corrected chi connectivity index (χ1v) is 4.97. The Morgan fingerprint density at radius 2 is 1.81 bits per heavy atom. The molecule has 2 aromatic carbocycles. The summed E-state index contributed by atoms with van der Waals surface area (Å²) in [5.41, 5.74) is 2.26. The van der Waals surface area contributed by atoms with E-state index >= 15 is 0 Å². The Labute approximate surface area is 93.4 Å². The fraction of sp³-hybridized carbons (Fsp3) is 0.0769. The van der Waals surface area contributed by atoms with Crippen molar-refractivity contribution in [2.45, 2.75) is 6.61 Å². The number of rotatable bonds is 3. The van der Waals surface area contributed by atoms with Crippen molar-refractivity contribution in [1.29, 1.82) is 0 Å². The molecule has 16 heavy (non-hydrogen) atoms. The van der Waals surface area contributed by atoms with Crippen molar-refractivity contribution in [3.05, 3.63) is 59.9 Å². The van der Waals surface area contributed by atoms with Gasteiger partial charge in [0.25, 0.3) is 0 Å². The Bertz CT molecular complexity index is 471. The van der Waals surface area contributed by atoms with Gasteiger partial charge in [0.15, 0.2) is 0 Å². The van der Waals surface area contributed by atoms with Gasteiger partial charge in [0.05, 0.1) is 6.61 Å². The second-order valence-corrected chi connectivity index (χ2v) is 3.49. The van der Waals surface area contributed by atoms with E-state index in [9.17, 15) is 4.39 Å². The van der Waals surface area contributed by atoms with Gasteiger partial charge >= 0.3 is 0 Å². The van der Waals surface area contributed by atoms with Crippen LogP contribution < -0.4 is 5.90 Å². The summed E-state index contributed by atoms with van der Waals surface area (Å²) in [6.07, 6.45) is 0. The van der Waals surface area contributed by atoms with Crippen LogP contribution in [0.15, 0.2) is 48.5 Å². The van der Waals surface area contributed by atoms with E-state index in [0.29, 0.717) is 5.56 Å². The lowest BCUT2D eigenvalue weighted by molar-refractivity contribution is 0.124. The van der Waals surface area contributed by atoms with Crippen molar-refractivity contribution in [1.82, 2.24) is 0 Å². The van der Waals surface area contributed by atoms with Crippen LogP contribution in [0.4, 0.5) is 4.39 Å². The van der Waals surface area contributed by atoms with Gasteiger partial charge in [0, 0.05) is 5.56 Å². The molecule has 2 N–H and O–H groups in total. The van der Waals surface area contributed by atoms with Crippen molar-refractivity contribution in [3.63, 3.8) is 0 Å². The molecule has 0 radical (unpaired) electrons. The number of nitrogens with two attached hydrogens (primary N) is 1.